The Morgan fingerprint density at radius 1 is 1.15 bits per heavy atom. The SMILES string of the molecule is CC1COC(=O)CCCCCC1=O. The van der Waals surface area contributed by atoms with E-state index in [-0.39, 0.29) is 24.3 Å². The van der Waals surface area contributed by atoms with Crippen LogP contribution in [0.3, 0.4) is 0 Å². The molecular weight excluding hydrogens is 168 g/mol. The summed E-state index contributed by atoms with van der Waals surface area (Å²) in [5.41, 5.74) is 0. The van der Waals surface area contributed by atoms with Crippen LogP contribution in [0.25, 0.3) is 0 Å². The monoisotopic (exact) mass is 184 g/mol. The molecule has 1 aliphatic heterocycles. The summed E-state index contributed by atoms with van der Waals surface area (Å²) in [6.45, 7) is 2.08. The van der Waals surface area contributed by atoms with Gasteiger partial charge in [-0.05, 0) is 12.8 Å². The summed E-state index contributed by atoms with van der Waals surface area (Å²) < 4.78 is 4.94. The van der Waals surface area contributed by atoms with Crippen LogP contribution in [0.1, 0.15) is 39.0 Å². The number of ketones is 1. The fourth-order valence-corrected chi connectivity index (χ4v) is 1.37. The van der Waals surface area contributed by atoms with Crippen molar-refractivity contribution in [2.75, 3.05) is 6.61 Å². The third-order valence-corrected chi connectivity index (χ3v) is 2.35. The molecule has 1 heterocycles. The number of ether oxygens (including phenoxy) is 1. The molecule has 1 unspecified atom stereocenters. The van der Waals surface area contributed by atoms with Gasteiger partial charge >= 0.3 is 5.97 Å². The second-order valence-electron chi connectivity index (χ2n) is 3.61. The molecule has 3 nitrogen and oxygen atoms in total. The lowest BCUT2D eigenvalue weighted by molar-refractivity contribution is -0.146. The van der Waals surface area contributed by atoms with E-state index in [9.17, 15) is 9.59 Å². The second kappa shape index (κ2) is 5.00. The smallest absolute Gasteiger partial charge is 0.305 e. The number of Topliss-reactive ketones (excluding diaryl/α,β-unsaturated/α-hetero) is 1. The summed E-state index contributed by atoms with van der Waals surface area (Å²) in [6, 6.07) is 0. The summed E-state index contributed by atoms with van der Waals surface area (Å²) in [7, 11) is 0. The zero-order chi connectivity index (χ0) is 9.68. The summed E-state index contributed by atoms with van der Waals surface area (Å²) in [5.74, 6) is -0.0710. The lowest BCUT2D eigenvalue weighted by Gasteiger charge is -2.13. The number of carbonyl (C=O) groups is 2. The predicted octanol–water partition coefficient (Wildman–Crippen LogP) is 1.70. The average molecular weight is 184 g/mol. The number of hydrogen-bond acceptors (Lipinski definition) is 3. The Labute approximate surface area is 78.5 Å². The molecule has 0 aromatic heterocycles. The molecule has 0 N–H and O–H groups in total. The topological polar surface area (TPSA) is 43.4 Å². The van der Waals surface area contributed by atoms with E-state index in [1.54, 1.807) is 0 Å². The molecule has 3 heteroatoms. The predicted molar refractivity (Wildman–Crippen MR) is 48.2 cm³/mol. The number of cyclic esters (lactones) is 1. The largest absolute Gasteiger partial charge is 0.465 e. The van der Waals surface area contributed by atoms with E-state index in [1.807, 2.05) is 6.92 Å². The maximum atomic E-state index is 11.3. The Balaban J connectivity index is 2.44. The van der Waals surface area contributed by atoms with Crippen LogP contribution in [0.4, 0.5) is 0 Å². The fraction of sp³-hybridized carbons (Fsp3) is 0.800. The van der Waals surface area contributed by atoms with Crippen molar-refractivity contribution in [3.05, 3.63) is 0 Å². The van der Waals surface area contributed by atoms with Crippen molar-refractivity contribution in [3.63, 3.8) is 0 Å². The van der Waals surface area contributed by atoms with Gasteiger partial charge < -0.3 is 4.74 Å². The van der Waals surface area contributed by atoms with Crippen LogP contribution in [-0.4, -0.2) is 18.4 Å². The van der Waals surface area contributed by atoms with Crippen molar-refractivity contribution in [1.29, 1.82) is 0 Å². The first-order valence-electron chi connectivity index (χ1n) is 4.88. The minimum atomic E-state index is -0.165. The fourth-order valence-electron chi connectivity index (χ4n) is 1.37. The van der Waals surface area contributed by atoms with Gasteiger partial charge in [0.05, 0.1) is 0 Å². The Hall–Kier alpha value is -0.860. The Bertz CT molecular complexity index is 198. The van der Waals surface area contributed by atoms with Crippen LogP contribution in [-0.2, 0) is 14.3 Å². The summed E-state index contributed by atoms with van der Waals surface area (Å²) >= 11 is 0. The van der Waals surface area contributed by atoms with Gasteiger partial charge in [0.2, 0.25) is 0 Å². The van der Waals surface area contributed by atoms with Gasteiger partial charge in [-0.25, -0.2) is 0 Å². The van der Waals surface area contributed by atoms with Crippen molar-refractivity contribution in [2.45, 2.75) is 39.0 Å². The van der Waals surface area contributed by atoms with Gasteiger partial charge in [-0.15, -0.1) is 0 Å². The molecule has 0 amide bonds. The molecule has 0 bridgehead atoms. The van der Waals surface area contributed by atoms with E-state index in [0.717, 1.165) is 19.3 Å². The number of carbonyl (C=O) groups excluding carboxylic acids is 2. The van der Waals surface area contributed by atoms with Gasteiger partial charge in [0.1, 0.15) is 12.4 Å². The average Bonchev–Trinajstić information content (AvgIpc) is 2.12. The Kier molecular flexibility index (Phi) is 3.93. The molecule has 1 atom stereocenters. The molecule has 74 valence electrons. The van der Waals surface area contributed by atoms with E-state index < -0.39 is 0 Å². The molecular formula is C10H16O3. The minimum Gasteiger partial charge on any atom is -0.465 e. The maximum Gasteiger partial charge on any atom is 0.305 e. The first-order chi connectivity index (χ1) is 6.20. The molecule has 13 heavy (non-hydrogen) atoms. The van der Waals surface area contributed by atoms with Crippen LogP contribution in [0.2, 0.25) is 0 Å². The van der Waals surface area contributed by atoms with E-state index in [2.05, 4.69) is 0 Å². The van der Waals surface area contributed by atoms with Crippen LogP contribution < -0.4 is 0 Å². The molecule has 0 spiro atoms. The van der Waals surface area contributed by atoms with Crippen LogP contribution in [0, 0.1) is 5.92 Å². The lowest BCUT2D eigenvalue weighted by atomic mass is 10.0. The molecule has 0 aromatic carbocycles. The highest BCUT2D eigenvalue weighted by Gasteiger charge is 2.16. The number of hydrogen-bond donors (Lipinski definition) is 0. The van der Waals surface area contributed by atoms with Crippen LogP contribution in [0.5, 0.6) is 0 Å². The van der Waals surface area contributed by atoms with Gasteiger partial charge in [-0.3, -0.25) is 9.59 Å². The molecule has 1 fully saturated rings. The van der Waals surface area contributed by atoms with Crippen LogP contribution >= 0.6 is 0 Å². The van der Waals surface area contributed by atoms with Crippen molar-refractivity contribution < 1.29 is 14.3 Å². The number of rotatable bonds is 0. The first kappa shape index (κ1) is 10.2. The zero-order valence-electron chi connectivity index (χ0n) is 8.04. The third-order valence-electron chi connectivity index (χ3n) is 2.35. The van der Waals surface area contributed by atoms with Crippen molar-refractivity contribution >= 4 is 11.8 Å². The molecule has 0 radical (unpaired) electrons. The van der Waals surface area contributed by atoms with Crippen LogP contribution in [0.15, 0.2) is 0 Å². The zero-order valence-corrected chi connectivity index (χ0v) is 8.04. The van der Waals surface area contributed by atoms with Gasteiger partial charge in [0.15, 0.2) is 0 Å². The molecule has 0 aromatic rings. The highest BCUT2D eigenvalue weighted by molar-refractivity contribution is 5.81. The van der Waals surface area contributed by atoms with Gasteiger partial charge in [-0.2, -0.15) is 0 Å². The summed E-state index contributed by atoms with van der Waals surface area (Å²) in [4.78, 5) is 22.4. The minimum absolute atomic E-state index is 0.123. The lowest BCUT2D eigenvalue weighted by Crippen LogP contribution is -2.20. The molecule has 1 aliphatic rings. The molecule has 0 aliphatic carbocycles. The van der Waals surface area contributed by atoms with Crippen molar-refractivity contribution in [2.24, 2.45) is 5.92 Å². The standard InChI is InChI=1S/C10H16O3/c1-8-7-13-10(12)6-4-2-3-5-9(8)11/h8H,2-7H2,1H3. The normalized spacial score (nSPS) is 26.7. The second-order valence-corrected chi connectivity index (χ2v) is 3.61. The summed E-state index contributed by atoms with van der Waals surface area (Å²) in [5, 5.41) is 0. The first-order valence-corrected chi connectivity index (χ1v) is 4.88. The van der Waals surface area contributed by atoms with E-state index in [4.69, 9.17) is 4.74 Å². The van der Waals surface area contributed by atoms with Gasteiger partial charge in [0.25, 0.3) is 0 Å². The van der Waals surface area contributed by atoms with Crippen molar-refractivity contribution in [1.82, 2.24) is 0 Å². The van der Waals surface area contributed by atoms with E-state index >= 15 is 0 Å². The van der Waals surface area contributed by atoms with Gasteiger partial charge in [-0.1, -0.05) is 13.3 Å². The molecule has 1 rings (SSSR count). The molecule has 0 saturated carbocycles. The van der Waals surface area contributed by atoms with Gasteiger partial charge in [0, 0.05) is 18.8 Å². The summed E-state index contributed by atoms with van der Waals surface area (Å²) in [6.07, 6.45) is 3.85. The van der Waals surface area contributed by atoms with E-state index in [0.29, 0.717) is 12.8 Å². The highest BCUT2D eigenvalue weighted by Crippen LogP contribution is 2.11. The Morgan fingerprint density at radius 2 is 1.85 bits per heavy atom. The van der Waals surface area contributed by atoms with Crippen molar-refractivity contribution in [3.8, 4) is 0 Å². The highest BCUT2D eigenvalue weighted by atomic mass is 16.5. The third kappa shape index (κ3) is 3.57. The van der Waals surface area contributed by atoms with E-state index in [1.165, 1.54) is 0 Å². The Morgan fingerprint density at radius 3 is 2.62 bits per heavy atom. The molecule has 1 saturated heterocycles. The maximum absolute atomic E-state index is 11.3. The quantitative estimate of drug-likeness (QED) is 0.538. The number of esters is 1.